The highest BCUT2D eigenvalue weighted by Crippen LogP contribution is 3.03. The van der Waals surface area contributed by atoms with Crippen LogP contribution < -0.4 is 4.65 Å². The van der Waals surface area contributed by atoms with Crippen LogP contribution in [0.1, 0.15) is 0 Å². The molecule has 0 bridgehead atoms. The van der Waals surface area contributed by atoms with Crippen molar-refractivity contribution in [3.63, 3.8) is 0 Å². The minimum atomic E-state index is -10.3. The first-order chi connectivity index (χ1) is 15.8. The van der Waals surface area contributed by atoms with Gasteiger partial charge in [-0.25, -0.2) is 0 Å². The zero-order valence-corrected chi connectivity index (χ0v) is 18.2. The summed E-state index contributed by atoms with van der Waals surface area (Å²) < 4.78 is 79.0. The highest BCUT2D eigenvalue weighted by atomic mass is 32.5. The topological polar surface area (TPSA) is 49.7 Å². The molecule has 4 aromatic rings. The first-order valence-corrected chi connectivity index (χ1v) is 11.9. The molecule has 0 aliphatic rings. The first kappa shape index (κ1) is 23.8. The summed E-state index contributed by atoms with van der Waals surface area (Å²) in [5, 5.41) is 19.0. The van der Waals surface area contributed by atoms with Gasteiger partial charge in [0.25, 0.3) is 0 Å². The van der Waals surface area contributed by atoms with Crippen LogP contribution in [-0.2, 0) is 0 Å². The lowest BCUT2D eigenvalue weighted by Crippen LogP contribution is -2.22. The molecule has 0 spiro atoms. The van der Waals surface area contributed by atoms with E-state index in [2.05, 4.69) is 0 Å². The fourth-order valence-electron chi connectivity index (χ4n) is 3.85. The van der Waals surface area contributed by atoms with E-state index in [0.717, 1.165) is 6.07 Å². The van der Waals surface area contributed by atoms with Gasteiger partial charge in [-0.3, -0.25) is 0 Å². The van der Waals surface area contributed by atoms with Crippen molar-refractivity contribution in [2.45, 2.75) is 4.90 Å². The third kappa shape index (κ3) is 4.94. The number of halogens is 5. The van der Waals surface area contributed by atoms with Gasteiger partial charge >= 0.3 is 17.5 Å². The van der Waals surface area contributed by atoms with E-state index >= 15 is 0 Å². The summed E-state index contributed by atoms with van der Waals surface area (Å²) in [5.74, 6) is -0.399. The van der Waals surface area contributed by atoms with Gasteiger partial charge in [0.2, 0.25) is 0 Å². The van der Waals surface area contributed by atoms with Crippen LogP contribution in [0.25, 0.3) is 33.4 Å². The maximum Gasteiger partial charge on any atom is 0.707 e. The standard InChI is InChI=1S/C24H18BF5O3S/c26-34(27,28,29,30)24-20(17-10-4-1-5-11-17)16-21(33-25(31)32)22(18-12-6-2-7-13-18)23(24)19-14-8-3-9-15-19/h1-16,31-32H. The molecule has 2 N–H and O–H groups in total. The monoisotopic (exact) mass is 492 g/mol. The smallest absolute Gasteiger partial charge is 0.511 e. The third-order valence-electron chi connectivity index (χ3n) is 5.07. The molecular weight excluding hydrogens is 474 g/mol. The predicted octanol–water partition coefficient (Wildman–Crippen LogP) is 7.69. The van der Waals surface area contributed by atoms with Crippen LogP contribution in [0.4, 0.5) is 19.4 Å². The Balaban J connectivity index is 2.30. The highest BCUT2D eigenvalue weighted by molar-refractivity contribution is 8.46. The van der Waals surface area contributed by atoms with Gasteiger partial charge in [0, 0.05) is 16.7 Å². The Bertz CT molecular complexity index is 1320. The van der Waals surface area contributed by atoms with Crippen molar-refractivity contribution in [1.82, 2.24) is 0 Å². The van der Waals surface area contributed by atoms with Crippen molar-refractivity contribution < 1.29 is 34.1 Å². The molecule has 0 fully saturated rings. The molecule has 3 nitrogen and oxygen atoms in total. The minimum absolute atomic E-state index is 0.125. The second kappa shape index (κ2) is 7.87. The summed E-state index contributed by atoms with van der Waals surface area (Å²) >= 11 is 0. The largest absolute Gasteiger partial charge is 0.707 e. The molecule has 0 aromatic heterocycles. The molecule has 0 aliphatic heterocycles. The fourth-order valence-corrected chi connectivity index (χ4v) is 5.05. The van der Waals surface area contributed by atoms with Crippen molar-refractivity contribution in [2.24, 2.45) is 0 Å². The van der Waals surface area contributed by atoms with Crippen molar-refractivity contribution in [3.8, 4) is 39.1 Å². The fraction of sp³-hybridized carbons (Fsp3) is 0. The Morgan fingerprint density at radius 1 is 0.588 bits per heavy atom. The third-order valence-corrected chi connectivity index (χ3v) is 6.27. The van der Waals surface area contributed by atoms with E-state index in [4.69, 9.17) is 4.65 Å². The van der Waals surface area contributed by atoms with E-state index in [0.29, 0.717) is 0 Å². The zero-order chi connectivity index (χ0) is 24.6. The summed E-state index contributed by atoms with van der Waals surface area (Å²) in [5.41, 5.74) is -2.15. The lowest BCUT2D eigenvalue weighted by atomic mass is 9.89. The van der Waals surface area contributed by atoms with Crippen molar-refractivity contribution in [1.29, 1.82) is 0 Å². The summed E-state index contributed by atoms with van der Waals surface area (Å²) in [6.07, 6.45) is 0. The first-order valence-electron chi connectivity index (χ1n) is 9.99. The average Bonchev–Trinajstić information content (AvgIpc) is 2.78. The molecule has 10 heteroatoms. The van der Waals surface area contributed by atoms with E-state index in [1.54, 1.807) is 12.1 Å². The van der Waals surface area contributed by atoms with Gasteiger partial charge in [-0.2, -0.15) is 0 Å². The van der Waals surface area contributed by atoms with Crippen LogP contribution in [-0.4, -0.2) is 17.4 Å². The molecule has 0 atom stereocenters. The molecule has 176 valence electrons. The molecule has 0 radical (unpaired) electrons. The van der Waals surface area contributed by atoms with Crippen LogP contribution in [0.15, 0.2) is 102 Å². The molecule has 4 aromatic carbocycles. The van der Waals surface area contributed by atoms with Gasteiger partial charge in [0.15, 0.2) is 0 Å². The van der Waals surface area contributed by atoms with Gasteiger partial charge in [0.05, 0.1) is 0 Å². The predicted molar refractivity (Wildman–Crippen MR) is 125 cm³/mol. The van der Waals surface area contributed by atoms with Crippen molar-refractivity contribution in [2.75, 3.05) is 0 Å². The van der Waals surface area contributed by atoms with E-state index in [9.17, 15) is 29.5 Å². The maximum atomic E-state index is 14.8. The molecular formula is C24H18BF5O3S. The van der Waals surface area contributed by atoms with E-state index in [1.165, 1.54) is 78.9 Å². The molecule has 0 aliphatic carbocycles. The van der Waals surface area contributed by atoms with Crippen molar-refractivity contribution in [3.05, 3.63) is 97.1 Å². The second-order valence-electron chi connectivity index (χ2n) is 7.51. The van der Waals surface area contributed by atoms with E-state index < -0.39 is 39.3 Å². The summed E-state index contributed by atoms with van der Waals surface area (Å²) in [6, 6.07) is 22.1. The van der Waals surface area contributed by atoms with Gasteiger partial charge in [-0.15, -0.1) is 0 Å². The number of benzene rings is 4. The average molecular weight is 492 g/mol. The van der Waals surface area contributed by atoms with Crippen LogP contribution in [0, 0.1) is 0 Å². The normalized spacial score (nSPS) is 13.6. The van der Waals surface area contributed by atoms with Gasteiger partial charge in [-0.05, 0) is 22.8 Å². The molecule has 0 saturated heterocycles. The van der Waals surface area contributed by atoms with Gasteiger partial charge in [-0.1, -0.05) is 110 Å². The number of hydrogen-bond donors (Lipinski definition) is 2. The molecule has 34 heavy (non-hydrogen) atoms. The van der Waals surface area contributed by atoms with Crippen LogP contribution in [0.3, 0.4) is 0 Å². The molecule has 0 saturated carbocycles. The quantitative estimate of drug-likeness (QED) is 0.214. The Labute approximate surface area is 193 Å². The lowest BCUT2D eigenvalue weighted by molar-refractivity contribution is 0.288. The van der Waals surface area contributed by atoms with E-state index in [-0.39, 0.29) is 22.3 Å². The molecule has 0 unspecified atom stereocenters. The molecule has 0 heterocycles. The van der Waals surface area contributed by atoms with Gasteiger partial charge in [0.1, 0.15) is 10.6 Å². The minimum Gasteiger partial charge on any atom is -0.511 e. The van der Waals surface area contributed by atoms with E-state index in [1.807, 2.05) is 0 Å². The maximum absolute atomic E-state index is 14.8. The number of hydrogen-bond acceptors (Lipinski definition) is 3. The Morgan fingerprint density at radius 3 is 1.41 bits per heavy atom. The molecule has 0 amide bonds. The van der Waals surface area contributed by atoms with Crippen LogP contribution in [0.2, 0.25) is 0 Å². The Hall–Kier alpha value is -3.34. The highest BCUT2D eigenvalue weighted by Gasteiger charge is 2.68. The van der Waals surface area contributed by atoms with Crippen molar-refractivity contribution >= 4 is 17.5 Å². The SMILES string of the molecule is OB(O)Oc1cc(-c2ccccc2)c(S(F)(F)(F)(F)F)c(-c2ccccc2)c1-c1ccccc1. The van der Waals surface area contributed by atoms with Gasteiger partial charge < -0.3 is 14.7 Å². The summed E-state index contributed by atoms with van der Waals surface area (Å²) in [6.45, 7) is 0. The zero-order valence-electron chi connectivity index (χ0n) is 17.4. The van der Waals surface area contributed by atoms with Crippen LogP contribution >= 0.6 is 10.2 Å². The number of rotatable bonds is 6. The Morgan fingerprint density at radius 2 is 1.00 bits per heavy atom. The van der Waals surface area contributed by atoms with Crippen LogP contribution in [0.5, 0.6) is 5.75 Å². The Kier molecular flexibility index (Phi) is 5.51. The lowest BCUT2D eigenvalue weighted by Gasteiger charge is -2.44. The second-order valence-corrected chi connectivity index (χ2v) is 9.86. The summed E-state index contributed by atoms with van der Waals surface area (Å²) in [7, 11) is -12.7. The molecule has 4 rings (SSSR count). The summed E-state index contributed by atoms with van der Waals surface area (Å²) in [4.78, 5) is -2.07.